The van der Waals surface area contributed by atoms with Gasteiger partial charge in [-0.2, -0.15) is 0 Å². The van der Waals surface area contributed by atoms with E-state index in [2.05, 4.69) is 50.7 Å². The Labute approximate surface area is 130 Å². The van der Waals surface area contributed by atoms with Crippen LogP contribution in [0.5, 0.6) is 0 Å². The zero-order valence-electron chi connectivity index (χ0n) is 12.4. The highest BCUT2D eigenvalue weighted by molar-refractivity contribution is 5.90. The normalized spacial score (nSPS) is 13.9. The quantitative estimate of drug-likeness (QED) is 0.675. The molecule has 0 spiro atoms. The molecule has 1 aliphatic rings. The molecular weight excluding hydrogens is 270 g/mol. The number of anilines is 1. The Balaban J connectivity index is 1.79. The minimum absolute atomic E-state index is 0.576. The monoisotopic (exact) mass is 287 g/mol. The van der Waals surface area contributed by atoms with Gasteiger partial charge in [-0.3, -0.25) is 0 Å². The summed E-state index contributed by atoms with van der Waals surface area (Å²) in [5.41, 5.74) is 3.98. The van der Waals surface area contributed by atoms with Crippen LogP contribution >= 0.6 is 0 Å². The zero-order valence-corrected chi connectivity index (χ0v) is 12.4. The highest BCUT2D eigenvalue weighted by atomic mass is 15.2. The third-order valence-electron chi connectivity index (χ3n) is 4.35. The molecule has 2 aromatic heterocycles. The van der Waals surface area contributed by atoms with E-state index in [1.165, 1.54) is 16.5 Å². The number of aromatic nitrogens is 2. The summed E-state index contributed by atoms with van der Waals surface area (Å²) in [6.07, 6.45) is 10.5. The molecule has 4 rings (SSSR count). The minimum atomic E-state index is 0.576. The van der Waals surface area contributed by atoms with Crippen LogP contribution in [0.1, 0.15) is 11.1 Å². The molecule has 108 valence electrons. The number of terminal acetylenes is 1. The van der Waals surface area contributed by atoms with Crippen molar-refractivity contribution in [3.63, 3.8) is 0 Å². The van der Waals surface area contributed by atoms with Crippen LogP contribution in [0, 0.1) is 12.3 Å². The van der Waals surface area contributed by atoms with Crippen LogP contribution in [0.3, 0.4) is 0 Å². The fourth-order valence-electron chi connectivity index (χ4n) is 3.27. The predicted octanol–water partition coefficient (Wildman–Crippen LogP) is 3.23. The minimum Gasteiger partial charge on any atom is -0.350 e. The number of nitrogens with zero attached hydrogens (tertiary/aromatic N) is 3. The third kappa shape index (κ3) is 2.05. The van der Waals surface area contributed by atoms with Gasteiger partial charge in [-0.1, -0.05) is 30.2 Å². The molecule has 0 radical (unpaired) electrons. The second-order valence-corrected chi connectivity index (χ2v) is 5.66. The van der Waals surface area contributed by atoms with Crippen LogP contribution in [0.25, 0.3) is 10.9 Å². The molecule has 0 unspecified atom stereocenters. The van der Waals surface area contributed by atoms with Crippen molar-refractivity contribution in [1.29, 1.82) is 0 Å². The van der Waals surface area contributed by atoms with E-state index in [1.54, 1.807) is 0 Å². The van der Waals surface area contributed by atoms with E-state index in [1.807, 2.05) is 18.5 Å². The first kappa shape index (κ1) is 13.0. The molecule has 0 bridgehead atoms. The number of benzene rings is 1. The van der Waals surface area contributed by atoms with E-state index in [9.17, 15) is 0 Å². The van der Waals surface area contributed by atoms with Crippen LogP contribution in [0.2, 0.25) is 0 Å². The molecule has 0 saturated carbocycles. The van der Waals surface area contributed by atoms with Gasteiger partial charge in [0.1, 0.15) is 0 Å². The summed E-state index contributed by atoms with van der Waals surface area (Å²) in [5.74, 6) is 3.76. The lowest BCUT2D eigenvalue weighted by Crippen LogP contribution is -2.31. The van der Waals surface area contributed by atoms with Crippen LogP contribution in [0.15, 0.2) is 48.8 Å². The van der Waals surface area contributed by atoms with Gasteiger partial charge in [0, 0.05) is 30.9 Å². The Morgan fingerprint density at radius 2 is 2.00 bits per heavy atom. The van der Waals surface area contributed by atoms with Crippen molar-refractivity contribution in [3.8, 4) is 12.3 Å². The number of fused-ring (bicyclic) bond motifs is 2. The van der Waals surface area contributed by atoms with Gasteiger partial charge in [0.25, 0.3) is 0 Å². The topological polar surface area (TPSA) is 21.1 Å². The zero-order chi connectivity index (χ0) is 14.9. The van der Waals surface area contributed by atoms with Gasteiger partial charge in [0.2, 0.25) is 0 Å². The van der Waals surface area contributed by atoms with E-state index in [-0.39, 0.29) is 0 Å². The fourth-order valence-corrected chi connectivity index (χ4v) is 3.27. The largest absolute Gasteiger partial charge is 0.350 e. The standard InChI is InChI=1S/C19H17N3/c1-2-11-21-12-9-16-7-10-20-19(18(16)21)22-13-8-15-5-3-4-6-17(15)14-22/h1,3-7,9-10,12H,8,11,13-14H2. The molecule has 0 N–H and O–H groups in total. The van der Waals surface area contributed by atoms with Crippen molar-refractivity contribution < 1.29 is 0 Å². The molecule has 0 atom stereocenters. The van der Waals surface area contributed by atoms with E-state index in [4.69, 9.17) is 6.42 Å². The first-order valence-electron chi connectivity index (χ1n) is 7.56. The summed E-state index contributed by atoms with van der Waals surface area (Å²) in [6, 6.07) is 12.8. The maximum absolute atomic E-state index is 5.50. The van der Waals surface area contributed by atoms with E-state index in [0.29, 0.717) is 6.54 Å². The molecule has 3 heteroatoms. The van der Waals surface area contributed by atoms with E-state index in [0.717, 1.165) is 30.8 Å². The molecule has 1 aromatic carbocycles. The maximum atomic E-state index is 5.50. The third-order valence-corrected chi connectivity index (χ3v) is 4.35. The van der Waals surface area contributed by atoms with Crippen molar-refractivity contribution in [2.24, 2.45) is 0 Å². The van der Waals surface area contributed by atoms with Crippen LogP contribution in [0.4, 0.5) is 5.82 Å². The molecular formula is C19H17N3. The van der Waals surface area contributed by atoms with Crippen LogP contribution < -0.4 is 4.90 Å². The van der Waals surface area contributed by atoms with E-state index < -0.39 is 0 Å². The first-order chi connectivity index (χ1) is 10.9. The molecule has 3 heterocycles. The predicted molar refractivity (Wildman–Crippen MR) is 89.8 cm³/mol. The average Bonchev–Trinajstić information content (AvgIpc) is 2.98. The molecule has 0 aliphatic carbocycles. The maximum Gasteiger partial charge on any atom is 0.153 e. The summed E-state index contributed by atoms with van der Waals surface area (Å²) < 4.78 is 2.11. The number of hydrogen-bond donors (Lipinski definition) is 0. The number of hydrogen-bond acceptors (Lipinski definition) is 2. The van der Waals surface area contributed by atoms with E-state index >= 15 is 0 Å². The summed E-state index contributed by atoms with van der Waals surface area (Å²) >= 11 is 0. The second kappa shape index (κ2) is 5.23. The van der Waals surface area contributed by atoms with Crippen LogP contribution in [-0.4, -0.2) is 16.1 Å². The molecule has 0 fully saturated rings. The summed E-state index contributed by atoms with van der Waals surface area (Å²) in [5, 5.41) is 1.19. The van der Waals surface area contributed by atoms with Gasteiger partial charge in [0.15, 0.2) is 5.82 Å². The van der Waals surface area contributed by atoms with Crippen molar-refractivity contribution in [2.45, 2.75) is 19.5 Å². The highest BCUT2D eigenvalue weighted by Gasteiger charge is 2.20. The summed E-state index contributed by atoms with van der Waals surface area (Å²) in [6.45, 7) is 2.47. The van der Waals surface area contributed by atoms with Crippen LogP contribution in [-0.2, 0) is 19.5 Å². The lowest BCUT2D eigenvalue weighted by molar-refractivity contribution is 0.720. The molecule has 3 nitrogen and oxygen atoms in total. The Bertz CT molecular complexity index is 870. The molecule has 22 heavy (non-hydrogen) atoms. The van der Waals surface area contributed by atoms with Gasteiger partial charge in [-0.15, -0.1) is 6.42 Å². The van der Waals surface area contributed by atoms with Gasteiger partial charge >= 0.3 is 0 Å². The van der Waals surface area contributed by atoms with Crippen molar-refractivity contribution in [2.75, 3.05) is 11.4 Å². The van der Waals surface area contributed by atoms with Gasteiger partial charge in [0.05, 0.1) is 12.1 Å². The average molecular weight is 287 g/mol. The molecule has 0 saturated heterocycles. The number of rotatable bonds is 2. The van der Waals surface area contributed by atoms with Gasteiger partial charge < -0.3 is 9.47 Å². The lowest BCUT2D eigenvalue weighted by atomic mass is 10.00. The van der Waals surface area contributed by atoms with Crippen molar-refractivity contribution in [3.05, 3.63) is 59.9 Å². The summed E-state index contributed by atoms with van der Waals surface area (Å²) in [4.78, 5) is 7.01. The van der Waals surface area contributed by atoms with Gasteiger partial charge in [-0.05, 0) is 29.7 Å². The molecule has 3 aromatic rings. The Hall–Kier alpha value is -2.73. The van der Waals surface area contributed by atoms with Gasteiger partial charge in [-0.25, -0.2) is 4.98 Å². The first-order valence-corrected chi connectivity index (χ1v) is 7.56. The van der Waals surface area contributed by atoms with Crippen molar-refractivity contribution in [1.82, 2.24) is 9.55 Å². The highest BCUT2D eigenvalue weighted by Crippen LogP contribution is 2.29. The smallest absolute Gasteiger partial charge is 0.153 e. The summed E-state index contributed by atoms with van der Waals surface area (Å²) in [7, 11) is 0. The molecule has 0 amide bonds. The van der Waals surface area contributed by atoms with Crippen molar-refractivity contribution >= 4 is 16.7 Å². The number of pyridine rings is 1. The SMILES string of the molecule is C#CCn1ccc2ccnc(N3CCc4ccccc4C3)c21. The second-order valence-electron chi connectivity index (χ2n) is 5.66. The fraction of sp³-hybridized carbons (Fsp3) is 0.211. The molecule has 1 aliphatic heterocycles. The Kier molecular flexibility index (Phi) is 3.08. The Morgan fingerprint density at radius 1 is 1.14 bits per heavy atom. The Morgan fingerprint density at radius 3 is 2.86 bits per heavy atom. The lowest BCUT2D eigenvalue weighted by Gasteiger charge is -2.30.